The SMILES string of the molecule is CCC(=O)CC.CCCCC1(Br)C=CC=CC1. The first-order chi connectivity index (χ1) is 8.08. The monoisotopic (exact) mass is 300 g/mol. The Morgan fingerprint density at radius 1 is 1.24 bits per heavy atom. The molecule has 1 aliphatic rings. The maximum absolute atomic E-state index is 10.2. The van der Waals surface area contributed by atoms with Crippen molar-refractivity contribution in [3.63, 3.8) is 0 Å². The Bertz CT molecular complexity index is 262. The average molecular weight is 301 g/mol. The molecule has 1 aliphatic carbocycles. The van der Waals surface area contributed by atoms with Crippen molar-refractivity contribution in [2.24, 2.45) is 0 Å². The Kier molecular flexibility index (Phi) is 9.43. The third kappa shape index (κ3) is 8.37. The van der Waals surface area contributed by atoms with Crippen LogP contribution in [0.1, 0.15) is 59.3 Å². The molecule has 98 valence electrons. The number of carbonyl (C=O) groups is 1. The number of alkyl halides is 1. The number of hydrogen-bond donors (Lipinski definition) is 0. The van der Waals surface area contributed by atoms with E-state index in [9.17, 15) is 4.79 Å². The number of halogens is 1. The molecule has 1 atom stereocenters. The normalized spacial score (nSPS) is 21.9. The quantitative estimate of drug-likeness (QED) is 0.638. The van der Waals surface area contributed by atoms with Crippen molar-refractivity contribution in [1.29, 1.82) is 0 Å². The summed E-state index contributed by atoms with van der Waals surface area (Å²) in [4.78, 5) is 10.2. The Hall–Kier alpha value is -0.370. The lowest BCUT2D eigenvalue weighted by Crippen LogP contribution is -2.17. The van der Waals surface area contributed by atoms with Crippen molar-refractivity contribution < 1.29 is 4.79 Å². The van der Waals surface area contributed by atoms with Crippen molar-refractivity contribution in [3.8, 4) is 0 Å². The Morgan fingerprint density at radius 3 is 2.24 bits per heavy atom. The molecule has 17 heavy (non-hydrogen) atoms. The van der Waals surface area contributed by atoms with Crippen LogP contribution in [0.25, 0.3) is 0 Å². The predicted molar refractivity (Wildman–Crippen MR) is 79.7 cm³/mol. The van der Waals surface area contributed by atoms with E-state index >= 15 is 0 Å². The molecule has 0 radical (unpaired) electrons. The summed E-state index contributed by atoms with van der Waals surface area (Å²) in [6.45, 7) is 6.00. The standard InChI is InChI=1S/C10H15Br.C5H10O/c1-2-3-7-10(11)8-5-4-6-9-10;1-3-5(6)4-2/h4-6,8H,2-3,7,9H2,1H3;3-4H2,1-2H3. The number of hydrogen-bond acceptors (Lipinski definition) is 1. The molecule has 0 saturated carbocycles. The molecule has 0 heterocycles. The number of ketones is 1. The van der Waals surface area contributed by atoms with Crippen LogP contribution in [-0.2, 0) is 4.79 Å². The van der Waals surface area contributed by atoms with E-state index in [1.165, 1.54) is 19.3 Å². The van der Waals surface area contributed by atoms with Crippen LogP contribution in [0.5, 0.6) is 0 Å². The topological polar surface area (TPSA) is 17.1 Å². The molecule has 0 bridgehead atoms. The van der Waals surface area contributed by atoms with Crippen molar-refractivity contribution >= 4 is 21.7 Å². The molecule has 0 saturated heterocycles. The minimum absolute atomic E-state index is 0.276. The summed E-state index contributed by atoms with van der Waals surface area (Å²) in [6.07, 6.45) is 15.1. The second-order valence-corrected chi connectivity index (χ2v) is 5.95. The molecule has 0 aromatic heterocycles. The van der Waals surface area contributed by atoms with Crippen LogP contribution >= 0.6 is 15.9 Å². The molecule has 2 heteroatoms. The summed E-state index contributed by atoms with van der Waals surface area (Å²) in [5.41, 5.74) is 0. The van der Waals surface area contributed by atoms with Gasteiger partial charge in [-0.25, -0.2) is 0 Å². The van der Waals surface area contributed by atoms with Gasteiger partial charge in [-0.05, 0) is 12.8 Å². The summed E-state index contributed by atoms with van der Waals surface area (Å²) >= 11 is 3.76. The Morgan fingerprint density at radius 2 is 1.88 bits per heavy atom. The third-order valence-corrected chi connectivity index (χ3v) is 3.82. The van der Waals surface area contributed by atoms with E-state index in [1.807, 2.05) is 13.8 Å². The first-order valence-electron chi connectivity index (χ1n) is 6.63. The van der Waals surface area contributed by atoms with Crippen LogP contribution < -0.4 is 0 Å². The fourth-order valence-corrected chi connectivity index (χ4v) is 2.16. The highest BCUT2D eigenvalue weighted by molar-refractivity contribution is 9.10. The zero-order valence-corrected chi connectivity index (χ0v) is 12.9. The zero-order valence-electron chi connectivity index (χ0n) is 11.3. The summed E-state index contributed by atoms with van der Waals surface area (Å²) in [6, 6.07) is 0. The van der Waals surface area contributed by atoms with Gasteiger partial charge in [0, 0.05) is 17.2 Å². The second kappa shape index (κ2) is 9.64. The molecule has 0 amide bonds. The van der Waals surface area contributed by atoms with Crippen LogP contribution in [-0.4, -0.2) is 10.1 Å². The minimum atomic E-state index is 0.276. The largest absolute Gasteiger partial charge is 0.300 e. The van der Waals surface area contributed by atoms with Crippen LogP contribution in [0.3, 0.4) is 0 Å². The Labute approximate surface area is 114 Å². The van der Waals surface area contributed by atoms with E-state index in [1.54, 1.807) is 0 Å². The molecule has 1 nitrogen and oxygen atoms in total. The summed E-state index contributed by atoms with van der Waals surface area (Å²) in [5.74, 6) is 0.343. The van der Waals surface area contributed by atoms with E-state index in [-0.39, 0.29) is 4.32 Å². The molecule has 0 aromatic carbocycles. The van der Waals surface area contributed by atoms with Crippen LogP contribution in [0.4, 0.5) is 0 Å². The van der Waals surface area contributed by atoms with Gasteiger partial charge in [0.25, 0.3) is 0 Å². The number of unbranched alkanes of at least 4 members (excludes halogenated alkanes) is 1. The number of Topliss-reactive ketones (excluding diaryl/α,β-unsaturated/α-hetero) is 1. The fourth-order valence-electron chi connectivity index (χ4n) is 1.54. The molecule has 0 aliphatic heterocycles. The van der Waals surface area contributed by atoms with Crippen LogP contribution in [0.15, 0.2) is 24.3 Å². The van der Waals surface area contributed by atoms with Gasteiger partial charge < -0.3 is 0 Å². The lowest BCUT2D eigenvalue weighted by molar-refractivity contribution is -0.118. The average Bonchev–Trinajstić information content (AvgIpc) is 2.37. The fraction of sp³-hybridized carbons (Fsp3) is 0.667. The molecule has 0 fully saturated rings. The minimum Gasteiger partial charge on any atom is -0.300 e. The number of rotatable bonds is 5. The smallest absolute Gasteiger partial charge is 0.132 e. The van der Waals surface area contributed by atoms with E-state index in [0.29, 0.717) is 18.6 Å². The molecule has 1 rings (SSSR count). The Balaban J connectivity index is 0.000000366. The summed E-state index contributed by atoms with van der Waals surface area (Å²) in [5, 5.41) is 0. The van der Waals surface area contributed by atoms with Gasteiger partial charge in [0.1, 0.15) is 5.78 Å². The summed E-state index contributed by atoms with van der Waals surface area (Å²) < 4.78 is 0.276. The molecule has 0 aromatic rings. The van der Waals surface area contributed by atoms with Gasteiger partial charge in [0.2, 0.25) is 0 Å². The van der Waals surface area contributed by atoms with E-state index in [0.717, 1.165) is 6.42 Å². The highest BCUT2D eigenvalue weighted by atomic mass is 79.9. The first kappa shape index (κ1) is 16.6. The molecule has 0 spiro atoms. The van der Waals surface area contributed by atoms with Crippen molar-refractivity contribution in [2.75, 3.05) is 0 Å². The van der Waals surface area contributed by atoms with Gasteiger partial charge in [-0.1, -0.05) is 73.8 Å². The zero-order chi connectivity index (χ0) is 13.1. The van der Waals surface area contributed by atoms with Gasteiger partial charge >= 0.3 is 0 Å². The molecule has 0 N–H and O–H groups in total. The summed E-state index contributed by atoms with van der Waals surface area (Å²) in [7, 11) is 0. The maximum Gasteiger partial charge on any atom is 0.132 e. The lowest BCUT2D eigenvalue weighted by atomic mass is 9.95. The van der Waals surface area contributed by atoms with E-state index < -0.39 is 0 Å². The lowest BCUT2D eigenvalue weighted by Gasteiger charge is -2.23. The van der Waals surface area contributed by atoms with Crippen molar-refractivity contribution in [2.45, 2.75) is 63.6 Å². The van der Waals surface area contributed by atoms with Gasteiger partial charge in [0.05, 0.1) is 0 Å². The second-order valence-electron chi connectivity index (χ2n) is 4.38. The third-order valence-electron chi connectivity index (χ3n) is 2.83. The van der Waals surface area contributed by atoms with E-state index in [2.05, 4.69) is 47.2 Å². The highest BCUT2D eigenvalue weighted by Crippen LogP contribution is 2.32. The van der Waals surface area contributed by atoms with Gasteiger partial charge in [-0.3, -0.25) is 4.79 Å². The predicted octanol–water partition coefficient (Wildman–Crippen LogP) is 5.20. The molecular weight excluding hydrogens is 276 g/mol. The number of allylic oxidation sites excluding steroid dienone is 4. The van der Waals surface area contributed by atoms with Gasteiger partial charge in [-0.15, -0.1) is 0 Å². The van der Waals surface area contributed by atoms with Crippen molar-refractivity contribution in [1.82, 2.24) is 0 Å². The van der Waals surface area contributed by atoms with Crippen LogP contribution in [0.2, 0.25) is 0 Å². The maximum atomic E-state index is 10.2. The van der Waals surface area contributed by atoms with E-state index in [4.69, 9.17) is 0 Å². The van der Waals surface area contributed by atoms with Gasteiger partial charge in [-0.2, -0.15) is 0 Å². The molecule has 1 unspecified atom stereocenters. The van der Waals surface area contributed by atoms with Crippen LogP contribution in [0, 0.1) is 0 Å². The molecular formula is C15H25BrO. The van der Waals surface area contributed by atoms with Gasteiger partial charge in [0.15, 0.2) is 0 Å². The first-order valence-corrected chi connectivity index (χ1v) is 7.42. The number of carbonyl (C=O) groups excluding carboxylic acids is 1. The highest BCUT2D eigenvalue weighted by Gasteiger charge is 2.21. The van der Waals surface area contributed by atoms with Crippen molar-refractivity contribution in [3.05, 3.63) is 24.3 Å².